The molecule has 0 aromatic carbocycles. The van der Waals surface area contributed by atoms with Crippen molar-refractivity contribution in [1.29, 1.82) is 0 Å². The zero-order valence-corrected chi connectivity index (χ0v) is 11.4. The van der Waals surface area contributed by atoms with Crippen LogP contribution in [0.5, 0.6) is 0 Å². The first-order valence-electron chi connectivity index (χ1n) is 6.10. The molecule has 16 heavy (non-hydrogen) atoms. The van der Waals surface area contributed by atoms with Gasteiger partial charge in [0, 0.05) is 14.0 Å². The van der Waals surface area contributed by atoms with Crippen molar-refractivity contribution in [3.63, 3.8) is 0 Å². The Morgan fingerprint density at radius 3 is 1.88 bits per heavy atom. The molecule has 4 bridgehead atoms. The average Bonchev–Trinajstić information content (AvgIpc) is 2.11. The fourth-order valence-electron chi connectivity index (χ4n) is 4.40. The molecule has 0 heterocycles. The Labute approximate surface area is 99.3 Å². The molecule has 0 aliphatic heterocycles. The van der Waals surface area contributed by atoms with Gasteiger partial charge in [-0.05, 0) is 56.3 Å². The van der Waals surface area contributed by atoms with Crippen LogP contribution in [0.25, 0.3) is 0 Å². The predicted octanol–water partition coefficient (Wildman–Crippen LogP) is 2.52. The molecule has 4 saturated carbocycles. The second-order valence-electron chi connectivity index (χ2n) is 6.09. The molecule has 0 amide bonds. The van der Waals surface area contributed by atoms with E-state index in [2.05, 4.69) is 0 Å². The highest BCUT2D eigenvalue weighted by Crippen LogP contribution is 2.62. The summed E-state index contributed by atoms with van der Waals surface area (Å²) < 4.78 is 27.3. The lowest BCUT2D eigenvalue weighted by Crippen LogP contribution is -2.48. The van der Waals surface area contributed by atoms with Gasteiger partial charge < -0.3 is 0 Å². The highest BCUT2D eigenvalue weighted by molar-refractivity contribution is 7.88. The van der Waals surface area contributed by atoms with Crippen LogP contribution in [0.2, 0.25) is 0 Å². The lowest BCUT2D eigenvalue weighted by atomic mass is 9.56. The van der Waals surface area contributed by atoms with Crippen LogP contribution in [0.3, 0.4) is 0 Å². The fourth-order valence-corrected chi connectivity index (χ4v) is 6.83. The van der Waals surface area contributed by atoms with Gasteiger partial charge in [0.25, 0.3) is 10.1 Å². The average molecular weight is 262 g/mol. The summed E-state index contributed by atoms with van der Waals surface area (Å²) >= 11 is 0. The second-order valence-corrected chi connectivity index (χ2v) is 9.43. The fraction of sp³-hybridized carbons (Fsp3) is 1.00. The largest absolute Gasteiger partial charge is 0.267 e. The minimum atomic E-state index is -3.26. The molecule has 0 aromatic heterocycles. The number of hydrogen-bond acceptors (Lipinski definition) is 3. The van der Waals surface area contributed by atoms with Gasteiger partial charge in [0.1, 0.15) is 0 Å². The Hall–Kier alpha value is 0.340. The monoisotopic (exact) mass is 262 g/mol. The third-order valence-corrected chi connectivity index (χ3v) is 7.04. The van der Waals surface area contributed by atoms with E-state index in [1.54, 1.807) is 0 Å². The molecule has 0 saturated heterocycles. The molecule has 0 spiro atoms. The van der Waals surface area contributed by atoms with Gasteiger partial charge in [0.2, 0.25) is 0 Å². The van der Waals surface area contributed by atoms with Crippen LogP contribution >= 0.6 is 8.81 Å². The van der Waals surface area contributed by atoms with Crippen molar-refractivity contribution in [3.05, 3.63) is 0 Å². The Kier molecular flexibility index (Phi) is 2.62. The van der Waals surface area contributed by atoms with Gasteiger partial charge in [-0.3, -0.25) is 3.97 Å². The van der Waals surface area contributed by atoms with Crippen LogP contribution in [0.15, 0.2) is 0 Å². The van der Waals surface area contributed by atoms with Crippen LogP contribution < -0.4 is 0 Å². The zero-order chi connectivity index (χ0) is 11.4. The summed E-state index contributed by atoms with van der Waals surface area (Å²) in [5.41, 5.74) is 0. The zero-order valence-electron chi connectivity index (χ0n) is 9.61. The van der Waals surface area contributed by atoms with Crippen LogP contribution in [0.4, 0.5) is 0 Å². The van der Waals surface area contributed by atoms with Crippen molar-refractivity contribution < 1.29 is 12.4 Å². The van der Waals surface area contributed by atoms with Crippen LogP contribution in [-0.2, 0) is 14.1 Å². The maximum Gasteiger partial charge on any atom is 0.267 e. The summed E-state index contributed by atoms with van der Waals surface area (Å²) in [4.78, 5) is 0. The minimum Gasteiger partial charge on any atom is -0.251 e. The summed E-state index contributed by atoms with van der Waals surface area (Å²) in [6.07, 6.45) is 8.99. The van der Waals surface area contributed by atoms with E-state index in [-0.39, 0.29) is 14.0 Å². The van der Waals surface area contributed by atoms with E-state index < -0.39 is 10.1 Å². The molecule has 4 aliphatic carbocycles. The Morgan fingerprint density at radius 2 is 1.50 bits per heavy atom. The molecule has 92 valence electrons. The molecule has 1 atom stereocenters. The van der Waals surface area contributed by atoms with Gasteiger partial charge in [-0.25, -0.2) is 0 Å². The van der Waals surface area contributed by atoms with Crippen LogP contribution in [0, 0.1) is 17.8 Å². The molecule has 0 N–H and O–H groups in total. The summed E-state index contributed by atoms with van der Waals surface area (Å²) in [6, 6.07) is 0. The molecule has 0 radical (unpaired) electrons. The first-order valence-corrected chi connectivity index (χ1v) is 8.82. The molecular formula is C11H19O3PS. The lowest BCUT2D eigenvalue weighted by Gasteiger charge is -2.56. The molecule has 1 unspecified atom stereocenters. The van der Waals surface area contributed by atoms with E-state index >= 15 is 0 Å². The Morgan fingerprint density at radius 1 is 1.06 bits per heavy atom. The second kappa shape index (κ2) is 3.66. The first kappa shape index (κ1) is 11.4. The smallest absolute Gasteiger partial charge is 0.251 e. The van der Waals surface area contributed by atoms with E-state index in [9.17, 15) is 8.42 Å². The SMILES string of the molecule is CS(=O)(=O)OPC12CC3CC(CC(C3)C1)C2. The topological polar surface area (TPSA) is 43.4 Å². The number of rotatable bonds is 3. The Bertz CT molecular complexity index is 355. The third-order valence-electron chi connectivity index (χ3n) is 4.45. The standard InChI is InChI=1S/C11H19O3PS/c1-16(12,13)14-15-11-5-8-2-9(6-11)4-10(3-8)7-11/h8-10,15H,2-7H2,1H3. The molecule has 4 rings (SSSR count). The third kappa shape index (κ3) is 2.16. The van der Waals surface area contributed by atoms with Gasteiger partial charge in [-0.15, -0.1) is 0 Å². The van der Waals surface area contributed by atoms with Crippen molar-refractivity contribution in [2.24, 2.45) is 17.8 Å². The van der Waals surface area contributed by atoms with Gasteiger partial charge in [0.15, 0.2) is 0 Å². The maximum atomic E-state index is 11.1. The lowest BCUT2D eigenvalue weighted by molar-refractivity contribution is 0.0346. The molecule has 3 nitrogen and oxygen atoms in total. The van der Waals surface area contributed by atoms with Crippen LogP contribution in [0.1, 0.15) is 38.5 Å². The van der Waals surface area contributed by atoms with Gasteiger partial charge in [0.05, 0.1) is 6.26 Å². The Balaban J connectivity index is 1.74. The van der Waals surface area contributed by atoms with Gasteiger partial charge >= 0.3 is 0 Å². The van der Waals surface area contributed by atoms with Crippen molar-refractivity contribution in [2.45, 2.75) is 43.7 Å². The van der Waals surface area contributed by atoms with Crippen molar-refractivity contribution >= 4 is 18.9 Å². The summed E-state index contributed by atoms with van der Waals surface area (Å²) in [7, 11) is -3.09. The normalized spacial score (nSPS) is 46.9. The number of hydrogen-bond donors (Lipinski definition) is 0. The molecule has 5 heteroatoms. The summed E-state index contributed by atoms with van der Waals surface area (Å²) in [5.74, 6) is 2.59. The quantitative estimate of drug-likeness (QED) is 0.734. The predicted molar refractivity (Wildman–Crippen MR) is 65.1 cm³/mol. The van der Waals surface area contributed by atoms with E-state index in [1.807, 2.05) is 0 Å². The maximum absolute atomic E-state index is 11.1. The van der Waals surface area contributed by atoms with E-state index in [1.165, 1.54) is 44.8 Å². The summed E-state index contributed by atoms with van der Waals surface area (Å²) in [5, 5.41) is 0.234. The van der Waals surface area contributed by atoms with Crippen LogP contribution in [-0.4, -0.2) is 19.8 Å². The molecule has 4 aliphatic rings. The molecular weight excluding hydrogens is 243 g/mol. The van der Waals surface area contributed by atoms with Gasteiger partial charge in [-0.2, -0.15) is 8.42 Å². The molecule has 0 aromatic rings. The van der Waals surface area contributed by atoms with E-state index in [4.69, 9.17) is 3.97 Å². The minimum absolute atomic E-state index is 0.169. The van der Waals surface area contributed by atoms with E-state index in [0.717, 1.165) is 17.8 Å². The highest BCUT2D eigenvalue weighted by Gasteiger charge is 2.51. The molecule has 4 fully saturated rings. The first-order chi connectivity index (χ1) is 7.44. The highest BCUT2D eigenvalue weighted by atomic mass is 32.2. The van der Waals surface area contributed by atoms with Crippen molar-refractivity contribution in [3.8, 4) is 0 Å². The van der Waals surface area contributed by atoms with Crippen molar-refractivity contribution in [1.82, 2.24) is 0 Å². The summed E-state index contributed by atoms with van der Waals surface area (Å²) in [6.45, 7) is 0. The van der Waals surface area contributed by atoms with Crippen molar-refractivity contribution in [2.75, 3.05) is 6.26 Å². The van der Waals surface area contributed by atoms with E-state index in [0.29, 0.717) is 0 Å². The van der Waals surface area contributed by atoms with Gasteiger partial charge in [-0.1, -0.05) is 0 Å².